The topological polar surface area (TPSA) is 99.3 Å². The smallest absolute Gasteiger partial charge is 0.329 e. The molecule has 4 aromatic rings. The van der Waals surface area contributed by atoms with Crippen molar-refractivity contribution < 1.29 is 13.2 Å². The Morgan fingerprint density at radius 2 is 2.00 bits per heavy atom. The molecule has 0 aliphatic carbocycles. The largest absolute Gasteiger partial charge is 0.395 e. The summed E-state index contributed by atoms with van der Waals surface area (Å²) in [7, 11) is 0. The summed E-state index contributed by atoms with van der Waals surface area (Å²) in [5.74, 6) is -1.28. The fraction of sp³-hybridized carbons (Fsp3) is 0.318. The second-order valence-corrected chi connectivity index (χ2v) is 8.05. The van der Waals surface area contributed by atoms with Crippen molar-refractivity contribution in [2.75, 3.05) is 19.6 Å². The monoisotopic (exact) mass is 452 g/mol. The quantitative estimate of drug-likeness (QED) is 0.479. The average Bonchev–Trinajstić information content (AvgIpc) is 3.44. The van der Waals surface area contributed by atoms with Crippen LogP contribution in [0.1, 0.15) is 17.9 Å². The molecule has 0 saturated carbocycles. The standard InChI is InChI=1S/C22H19F3N8/c23-22(24,25)18(4-6-32-10-14(7-26)11-32)15-1-2-19(28-8-15)33-12-16(9-31-33)17-3-5-27-21-20(17)29-13-30-21/h1-3,5,8-9,12-14,18H,4,6,10-11H2,(H,27,29,30). The molecule has 0 aromatic carbocycles. The van der Waals surface area contributed by atoms with Crippen LogP contribution in [-0.4, -0.2) is 60.4 Å². The lowest BCUT2D eigenvalue weighted by atomic mass is 9.94. The number of halogens is 3. The summed E-state index contributed by atoms with van der Waals surface area (Å²) >= 11 is 0. The summed E-state index contributed by atoms with van der Waals surface area (Å²) in [4.78, 5) is 17.6. The highest BCUT2D eigenvalue weighted by molar-refractivity contribution is 5.88. The Morgan fingerprint density at radius 1 is 1.15 bits per heavy atom. The van der Waals surface area contributed by atoms with Crippen LogP contribution in [0.4, 0.5) is 13.2 Å². The van der Waals surface area contributed by atoms with Crippen LogP contribution in [0.15, 0.2) is 49.3 Å². The van der Waals surface area contributed by atoms with E-state index in [9.17, 15) is 13.2 Å². The van der Waals surface area contributed by atoms with Crippen molar-refractivity contribution in [1.82, 2.24) is 34.6 Å². The van der Waals surface area contributed by atoms with Gasteiger partial charge < -0.3 is 9.88 Å². The van der Waals surface area contributed by atoms with Crippen molar-refractivity contribution in [2.24, 2.45) is 5.92 Å². The number of likely N-dealkylation sites (tertiary alicyclic amines) is 1. The number of hydrogen-bond acceptors (Lipinski definition) is 6. The van der Waals surface area contributed by atoms with Gasteiger partial charge in [0.15, 0.2) is 11.5 Å². The van der Waals surface area contributed by atoms with Gasteiger partial charge in [-0.25, -0.2) is 19.6 Å². The zero-order valence-corrected chi connectivity index (χ0v) is 17.4. The van der Waals surface area contributed by atoms with Gasteiger partial charge in [0.25, 0.3) is 0 Å². The van der Waals surface area contributed by atoms with Gasteiger partial charge in [0.2, 0.25) is 0 Å². The summed E-state index contributed by atoms with van der Waals surface area (Å²) in [6.45, 7) is 1.35. The van der Waals surface area contributed by atoms with E-state index in [1.165, 1.54) is 23.0 Å². The molecule has 1 atom stereocenters. The normalized spacial score (nSPS) is 15.9. The predicted octanol–water partition coefficient (Wildman–Crippen LogP) is 3.70. The molecule has 5 heterocycles. The minimum atomic E-state index is -4.38. The molecular weight excluding hydrogens is 433 g/mol. The lowest BCUT2D eigenvalue weighted by Gasteiger charge is -2.36. The van der Waals surface area contributed by atoms with E-state index in [1.807, 2.05) is 11.0 Å². The Kier molecular flexibility index (Phi) is 5.30. The minimum absolute atomic E-state index is 0.0731. The molecule has 4 aromatic heterocycles. The number of pyridine rings is 2. The highest BCUT2D eigenvalue weighted by Gasteiger charge is 2.41. The van der Waals surface area contributed by atoms with Gasteiger partial charge in [0, 0.05) is 42.8 Å². The fourth-order valence-electron chi connectivity index (χ4n) is 4.07. The minimum Gasteiger partial charge on any atom is -0.329 e. The van der Waals surface area contributed by atoms with Crippen molar-refractivity contribution in [3.05, 3.63) is 54.9 Å². The summed E-state index contributed by atoms with van der Waals surface area (Å²) in [6.07, 6.45) is 3.45. The number of nitriles is 1. The number of hydrogen-bond donors (Lipinski definition) is 1. The van der Waals surface area contributed by atoms with Crippen LogP contribution in [-0.2, 0) is 0 Å². The van der Waals surface area contributed by atoms with E-state index in [0.29, 0.717) is 36.6 Å². The van der Waals surface area contributed by atoms with Crippen molar-refractivity contribution >= 4 is 11.2 Å². The first-order chi connectivity index (χ1) is 15.9. The lowest BCUT2D eigenvalue weighted by molar-refractivity contribution is -0.153. The molecule has 1 saturated heterocycles. The summed E-state index contributed by atoms with van der Waals surface area (Å²) in [5.41, 5.74) is 3.10. The molecule has 0 spiro atoms. The van der Waals surface area contributed by atoms with Crippen molar-refractivity contribution in [3.63, 3.8) is 0 Å². The molecule has 1 unspecified atom stereocenters. The van der Waals surface area contributed by atoms with Crippen molar-refractivity contribution in [1.29, 1.82) is 5.26 Å². The van der Waals surface area contributed by atoms with E-state index >= 15 is 0 Å². The SMILES string of the molecule is N#CC1CN(CCC(c2ccc(-n3cc(-c4ccnc5[nH]cnc45)cn3)nc2)C(F)(F)F)C1. The van der Waals surface area contributed by atoms with E-state index in [2.05, 4.69) is 31.1 Å². The second kappa shape index (κ2) is 8.29. The summed E-state index contributed by atoms with van der Waals surface area (Å²) < 4.78 is 42.6. The van der Waals surface area contributed by atoms with Crippen LogP contribution >= 0.6 is 0 Å². The van der Waals surface area contributed by atoms with Gasteiger partial charge in [0.1, 0.15) is 5.52 Å². The lowest BCUT2D eigenvalue weighted by Crippen LogP contribution is -2.46. The van der Waals surface area contributed by atoms with E-state index < -0.39 is 12.1 Å². The molecule has 33 heavy (non-hydrogen) atoms. The number of H-pyrrole nitrogens is 1. The number of aromatic amines is 1. The van der Waals surface area contributed by atoms with E-state index in [-0.39, 0.29) is 17.9 Å². The van der Waals surface area contributed by atoms with Gasteiger partial charge in [-0.05, 0) is 30.7 Å². The van der Waals surface area contributed by atoms with Crippen LogP contribution in [0.2, 0.25) is 0 Å². The van der Waals surface area contributed by atoms with Crippen LogP contribution in [0.3, 0.4) is 0 Å². The molecule has 0 bridgehead atoms. The van der Waals surface area contributed by atoms with Gasteiger partial charge in [-0.15, -0.1) is 0 Å². The molecular formula is C22H19F3N8. The number of nitrogens with zero attached hydrogens (tertiary/aromatic N) is 7. The molecule has 5 rings (SSSR count). The highest BCUT2D eigenvalue weighted by Crippen LogP contribution is 2.38. The van der Waals surface area contributed by atoms with Crippen molar-refractivity contribution in [2.45, 2.75) is 18.5 Å². The first-order valence-corrected chi connectivity index (χ1v) is 10.4. The molecule has 1 aliphatic heterocycles. The van der Waals surface area contributed by atoms with Crippen LogP contribution in [0, 0.1) is 17.2 Å². The molecule has 1 fully saturated rings. The third-order valence-electron chi connectivity index (χ3n) is 5.89. The van der Waals surface area contributed by atoms with Gasteiger partial charge in [-0.3, -0.25) is 0 Å². The molecule has 11 heteroatoms. The third kappa shape index (κ3) is 4.17. The first-order valence-electron chi connectivity index (χ1n) is 10.4. The molecule has 8 nitrogen and oxygen atoms in total. The Bertz CT molecular complexity index is 1300. The van der Waals surface area contributed by atoms with Crippen LogP contribution < -0.4 is 0 Å². The Balaban J connectivity index is 1.33. The Labute approximate surface area is 186 Å². The number of nitrogens with one attached hydrogen (secondary N) is 1. The number of imidazole rings is 1. The molecule has 1 aliphatic rings. The van der Waals surface area contributed by atoms with E-state index in [4.69, 9.17) is 5.26 Å². The molecule has 1 N–H and O–H groups in total. The number of aromatic nitrogens is 6. The molecule has 168 valence electrons. The zero-order chi connectivity index (χ0) is 23.0. The van der Waals surface area contributed by atoms with Gasteiger partial charge in [0.05, 0.1) is 30.4 Å². The summed E-state index contributed by atoms with van der Waals surface area (Å²) in [5, 5.41) is 13.1. The van der Waals surface area contributed by atoms with Gasteiger partial charge in [-0.1, -0.05) is 6.07 Å². The van der Waals surface area contributed by atoms with E-state index in [1.54, 1.807) is 24.9 Å². The fourth-order valence-corrected chi connectivity index (χ4v) is 4.07. The van der Waals surface area contributed by atoms with Gasteiger partial charge in [-0.2, -0.15) is 23.5 Å². The maximum atomic E-state index is 13.7. The summed E-state index contributed by atoms with van der Waals surface area (Å²) in [6, 6.07) is 6.95. The molecule has 0 radical (unpaired) electrons. The molecule has 0 amide bonds. The van der Waals surface area contributed by atoms with E-state index in [0.717, 1.165) is 11.1 Å². The number of alkyl halides is 3. The van der Waals surface area contributed by atoms with Crippen LogP contribution in [0.25, 0.3) is 28.1 Å². The number of rotatable bonds is 6. The van der Waals surface area contributed by atoms with Crippen molar-refractivity contribution in [3.8, 4) is 23.0 Å². The Hall–Kier alpha value is -3.78. The zero-order valence-electron chi connectivity index (χ0n) is 17.4. The average molecular weight is 452 g/mol. The maximum Gasteiger partial charge on any atom is 0.395 e. The van der Waals surface area contributed by atoms with Gasteiger partial charge >= 0.3 is 6.18 Å². The maximum absolute atomic E-state index is 13.7. The second-order valence-electron chi connectivity index (χ2n) is 8.05. The first kappa shape index (κ1) is 21.1. The Morgan fingerprint density at radius 3 is 2.73 bits per heavy atom. The number of fused-ring (bicyclic) bond motifs is 1. The van der Waals surface area contributed by atoms with Crippen LogP contribution in [0.5, 0.6) is 0 Å². The third-order valence-corrected chi connectivity index (χ3v) is 5.89. The predicted molar refractivity (Wildman–Crippen MR) is 113 cm³/mol. The highest BCUT2D eigenvalue weighted by atomic mass is 19.4.